The molecule has 0 radical (unpaired) electrons. The van der Waals surface area contributed by atoms with Gasteiger partial charge in [0.05, 0.1) is 6.54 Å². The summed E-state index contributed by atoms with van der Waals surface area (Å²) in [4.78, 5) is 65.7. The molecule has 0 bridgehead atoms. The van der Waals surface area contributed by atoms with Crippen LogP contribution in [0, 0.1) is 0 Å². The van der Waals surface area contributed by atoms with E-state index < -0.39 is 47.7 Å². The van der Waals surface area contributed by atoms with Gasteiger partial charge in [0, 0.05) is 27.1 Å². The summed E-state index contributed by atoms with van der Waals surface area (Å²) in [7, 11) is 2.95. The number of unbranched alkanes of at least 4 members (excludes halogenated alkanes) is 5. The van der Waals surface area contributed by atoms with E-state index in [1.54, 1.807) is 33.8 Å². The van der Waals surface area contributed by atoms with Crippen LogP contribution in [-0.2, 0) is 28.7 Å². The van der Waals surface area contributed by atoms with E-state index in [0.29, 0.717) is 44.2 Å². The molecular weight excluding hydrogens is 578 g/mol. The zero-order chi connectivity index (χ0) is 34.4. The smallest absolute Gasteiger partial charge is 0.407 e. The van der Waals surface area contributed by atoms with Crippen LogP contribution in [-0.4, -0.2) is 85.8 Å². The summed E-state index contributed by atoms with van der Waals surface area (Å²) >= 11 is 0. The van der Waals surface area contributed by atoms with Crippen molar-refractivity contribution in [3.8, 4) is 0 Å². The normalized spacial score (nSPS) is 13.6. The van der Waals surface area contributed by atoms with Crippen LogP contribution >= 0.6 is 0 Å². The minimum Gasteiger partial charge on any atom is -0.444 e. The number of nitrogens with zero attached hydrogens (tertiary/aromatic N) is 1. The number of rotatable bonds is 22. The van der Waals surface area contributed by atoms with E-state index in [4.69, 9.17) is 9.47 Å². The Balaban J connectivity index is 5.75. The highest BCUT2D eigenvalue weighted by molar-refractivity contribution is 5.95. The predicted molar refractivity (Wildman–Crippen MR) is 176 cm³/mol. The number of allylic oxidation sites excluding steroid dienone is 1. The maximum atomic E-state index is 13.9. The summed E-state index contributed by atoms with van der Waals surface area (Å²) in [6.07, 6.45) is 9.40. The van der Waals surface area contributed by atoms with Gasteiger partial charge in [-0.25, -0.2) is 4.79 Å². The Labute approximate surface area is 270 Å². The minimum atomic E-state index is -1.08. The number of alkyl carbamates (subject to hydrolysis) is 1. The number of carbonyl (C=O) groups excluding carboxylic acids is 5. The Morgan fingerprint density at radius 3 is 2.16 bits per heavy atom. The van der Waals surface area contributed by atoms with Gasteiger partial charge in [0.15, 0.2) is 0 Å². The maximum Gasteiger partial charge on any atom is 0.407 e. The third-order valence-electron chi connectivity index (χ3n) is 6.84. The van der Waals surface area contributed by atoms with Gasteiger partial charge in [-0.3, -0.25) is 19.2 Å². The fraction of sp³-hybridized carbons (Fsp3) is 0.727. The van der Waals surface area contributed by atoms with E-state index in [1.165, 1.54) is 25.1 Å². The van der Waals surface area contributed by atoms with Crippen LogP contribution in [0.15, 0.2) is 24.3 Å². The van der Waals surface area contributed by atoms with Crippen molar-refractivity contribution in [3.63, 3.8) is 0 Å². The fourth-order valence-electron chi connectivity index (χ4n) is 4.46. The Kier molecular flexibility index (Phi) is 21.3. The summed E-state index contributed by atoms with van der Waals surface area (Å²) in [6.45, 7) is 14.9. The quantitative estimate of drug-likeness (QED) is 0.0791. The van der Waals surface area contributed by atoms with Crippen LogP contribution in [0.25, 0.3) is 0 Å². The van der Waals surface area contributed by atoms with Crippen molar-refractivity contribution in [2.75, 3.05) is 27.2 Å². The first-order valence-electron chi connectivity index (χ1n) is 16.2. The van der Waals surface area contributed by atoms with Gasteiger partial charge in [-0.2, -0.15) is 0 Å². The molecule has 0 saturated heterocycles. The van der Waals surface area contributed by atoms with Crippen LogP contribution in [0.3, 0.4) is 0 Å². The number of amides is 5. The lowest BCUT2D eigenvalue weighted by molar-refractivity contribution is -0.141. The summed E-state index contributed by atoms with van der Waals surface area (Å²) < 4.78 is 10.3. The molecule has 1 unspecified atom stereocenters. The first-order chi connectivity index (χ1) is 21.2. The van der Waals surface area contributed by atoms with Crippen molar-refractivity contribution in [1.29, 1.82) is 0 Å². The molecule has 5 amide bonds. The molecule has 0 aromatic carbocycles. The van der Waals surface area contributed by atoms with E-state index in [0.717, 1.165) is 32.1 Å². The Morgan fingerprint density at radius 2 is 1.58 bits per heavy atom. The number of hydrogen-bond donors (Lipinski definition) is 4. The van der Waals surface area contributed by atoms with E-state index in [-0.39, 0.29) is 12.5 Å². The molecular formula is C33H59N5O7. The van der Waals surface area contributed by atoms with E-state index in [9.17, 15) is 24.0 Å². The molecule has 0 rings (SSSR count). The highest BCUT2D eigenvalue weighted by Crippen LogP contribution is 2.16. The van der Waals surface area contributed by atoms with Gasteiger partial charge < -0.3 is 35.6 Å². The van der Waals surface area contributed by atoms with Gasteiger partial charge in [0.2, 0.25) is 23.6 Å². The third-order valence-corrected chi connectivity index (χ3v) is 6.84. The third kappa shape index (κ3) is 18.9. The fourth-order valence-corrected chi connectivity index (χ4v) is 4.46. The first kappa shape index (κ1) is 41.6. The molecule has 3 atom stereocenters. The van der Waals surface area contributed by atoms with Crippen molar-refractivity contribution < 1.29 is 33.4 Å². The van der Waals surface area contributed by atoms with Gasteiger partial charge >= 0.3 is 6.09 Å². The average Bonchev–Trinajstić information content (AvgIpc) is 2.97. The van der Waals surface area contributed by atoms with Crippen molar-refractivity contribution in [1.82, 2.24) is 26.2 Å². The summed E-state index contributed by atoms with van der Waals surface area (Å²) in [5.74, 6) is -1.69. The van der Waals surface area contributed by atoms with Crippen LogP contribution < -0.4 is 21.3 Å². The minimum absolute atomic E-state index is 0.233. The SMILES string of the molecule is C=C/C(=C\CC)[C@@H](C(=O)NCC(=O)NC(C)OC)N(C)C(=O)[C@H](CCCCNC(=O)OC(C)(C)C)NC(=O)CCCCCCC. The molecule has 0 aliphatic heterocycles. The van der Waals surface area contributed by atoms with Crippen molar-refractivity contribution >= 4 is 29.7 Å². The number of likely N-dealkylation sites (N-methyl/N-ethyl adjacent to an activating group) is 1. The second-order valence-corrected chi connectivity index (χ2v) is 12.0. The molecule has 258 valence electrons. The summed E-state index contributed by atoms with van der Waals surface area (Å²) in [6, 6.07) is -1.97. The van der Waals surface area contributed by atoms with Crippen LogP contribution in [0.1, 0.15) is 106 Å². The molecule has 4 N–H and O–H groups in total. The van der Waals surface area contributed by atoms with Crippen molar-refractivity contribution in [2.45, 2.75) is 130 Å². The van der Waals surface area contributed by atoms with Gasteiger partial charge in [-0.1, -0.05) is 58.3 Å². The highest BCUT2D eigenvalue weighted by Gasteiger charge is 2.33. The summed E-state index contributed by atoms with van der Waals surface area (Å²) in [5.41, 5.74) is -0.113. The number of carbonyl (C=O) groups is 5. The molecule has 12 nitrogen and oxygen atoms in total. The molecule has 0 fully saturated rings. The van der Waals surface area contributed by atoms with Crippen molar-refractivity contribution in [3.05, 3.63) is 24.3 Å². The Hall–Kier alpha value is -3.41. The molecule has 0 heterocycles. The second kappa shape index (κ2) is 23.0. The van der Waals surface area contributed by atoms with Crippen molar-refractivity contribution in [2.24, 2.45) is 0 Å². The van der Waals surface area contributed by atoms with Gasteiger partial charge in [-0.15, -0.1) is 0 Å². The van der Waals surface area contributed by atoms with Gasteiger partial charge in [0.25, 0.3) is 0 Å². The second-order valence-electron chi connectivity index (χ2n) is 12.0. The molecule has 12 heteroatoms. The molecule has 0 aromatic heterocycles. The molecule has 0 spiro atoms. The van der Waals surface area contributed by atoms with Gasteiger partial charge in [-0.05, 0) is 65.4 Å². The molecule has 0 saturated carbocycles. The molecule has 45 heavy (non-hydrogen) atoms. The van der Waals surface area contributed by atoms with E-state index >= 15 is 0 Å². The monoisotopic (exact) mass is 637 g/mol. The van der Waals surface area contributed by atoms with E-state index in [1.807, 2.05) is 6.92 Å². The molecule has 0 aliphatic carbocycles. The molecule has 0 aromatic rings. The number of ether oxygens (including phenoxy) is 2. The van der Waals surface area contributed by atoms with Gasteiger partial charge in [0.1, 0.15) is 23.9 Å². The number of methoxy groups -OCH3 is 1. The number of nitrogens with one attached hydrogen (secondary N) is 4. The first-order valence-corrected chi connectivity index (χ1v) is 16.2. The Morgan fingerprint density at radius 1 is 0.911 bits per heavy atom. The summed E-state index contributed by atoms with van der Waals surface area (Å²) in [5, 5.41) is 10.8. The average molecular weight is 638 g/mol. The number of hydrogen-bond acceptors (Lipinski definition) is 7. The predicted octanol–water partition coefficient (Wildman–Crippen LogP) is 4.10. The highest BCUT2D eigenvalue weighted by atomic mass is 16.6. The Bertz CT molecular complexity index is 977. The lowest BCUT2D eigenvalue weighted by Crippen LogP contribution is -2.55. The zero-order valence-corrected chi connectivity index (χ0v) is 28.9. The van der Waals surface area contributed by atoms with Crippen LogP contribution in [0.5, 0.6) is 0 Å². The topological polar surface area (TPSA) is 155 Å². The zero-order valence-electron chi connectivity index (χ0n) is 28.9. The van der Waals surface area contributed by atoms with Crippen LogP contribution in [0.2, 0.25) is 0 Å². The largest absolute Gasteiger partial charge is 0.444 e. The molecule has 0 aliphatic rings. The lowest BCUT2D eigenvalue weighted by Gasteiger charge is -2.32. The standard InChI is InChI=1S/C33H59N5O7/c1-10-13-14-15-16-21-27(39)37-26(20-17-18-22-34-32(43)45-33(5,6)7)31(42)38(8)29(25(12-3)19-11-2)30(41)35-23-28(40)36-24(4)44-9/h12,19,24,26,29H,3,10-11,13-18,20-23H2,1-2,4-9H3,(H,34,43)(H,35,41)(H,36,40)(H,37,39)/b25-19+/t24?,26-,29-/m0/s1. The lowest BCUT2D eigenvalue weighted by atomic mass is 10.0. The van der Waals surface area contributed by atoms with E-state index in [2.05, 4.69) is 34.8 Å². The van der Waals surface area contributed by atoms with Crippen LogP contribution in [0.4, 0.5) is 4.79 Å². The maximum absolute atomic E-state index is 13.9.